The molecule has 0 saturated heterocycles. The molecule has 1 aromatic rings. The Morgan fingerprint density at radius 3 is 2.41 bits per heavy atom. The van der Waals surface area contributed by atoms with Crippen molar-refractivity contribution in [1.29, 1.82) is 0 Å². The third-order valence-corrected chi connectivity index (χ3v) is 4.20. The first-order chi connectivity index (χ1) is 7.76. The first-order valence-electron chi connectivity index (χ1n) is 4.52. The number of hydrogen-bond acceptors (Lipinski definition) is 1. The maximum Gasteiger partial charge on any atom is 0.310 e. The van der Waals surface area contributed by atoms with Crippen LogP contribution in [0.4, 0.5) is 8.78 Å². The summed E-state index contributed by atoms with van der Waals surface area (Å²) >= 11 is 14.4. The van der Waals surface area contributed by atoms with E-state index in [4.69, 9.17) is 28.3 Å². The third kappa shape index (κ3) is 2.04. The molecule has 1 aliphatic carbocycles. The number of hydrogen-bond donors (Lipinski definition) is 1. The second-order valence-corrected chi connectivity index (χ2v) is 6.07. The van der Waals surface area contributed by atoms with Gasteiger partial charge in [0.15, 0.2) is 11.6 Å². The van der Waals surface area contributed by atoms with Gasteiger partial charge in [-0.2, -0.15) is 0 Å². The molecule has 92 valence electrons. The van der Waals surface area contributed by atoms with Crippen molar-refractivity contribution >= 4 is 45.1 Å². The molecule has 0 amide bonds. The molecule has 0 radical (unpaired) electrons. The summed E-state index contributed by atoms with van der Waals surface area (Å²) in [6.07, 6.45) is 0. The fourth-order valence-electron chi connectivity index (χ4n) is 1.80. The highest BCUT2D eigenvalue weighted by Crippen LogP contribution is 2.65. The van der Waals surface area contributed by atoms with Gasteiger partial charge >= 0.3 is 5.97 Å². The van der Waals surface area contributed by atoms with Crippen LogP contribution in [0.1, 0.15) is 11.5 Å². The van der Waals surface area contributed by atoms with E-state index in [1.54, 1.807) is 0 Å². The van der Waals surface area contributed by atoms with Gasteiger partial charge in [-0.1, -0.05) is 23.2 Å². The third-order valence-electron chi connectivity index (χ3n) is 2.68. The van der Waals surface area contributed by atoms with Crippen LogP contribution in [0, 0.1) is 17.6 Å². The Hall–Kier alpha value is -0.390. The monoisotopic (exact) mass is 344 g/mol. The molecule has 1 saturated carbocycles. The number of rotatable bonds is 2. The summed E-state index contributed by atoms with van der Waals surface area (Å²) in [5, 5.41) is 8.87. The van der Waals surface area contributed by atoms with Crippen LogP contribution in [-0.2, 0) is 4.79 Å². The molecule has 7 heteroatoms. The van der Waals surface area contributed by atoms with E-state index in [1.807, 2.05) is 0 Å². The average Bonchev–Trinajstić information content (AvgIpc) is 2.77. The highest BCUT2D eigenvalue weighted by molar-refractivity contribution is 9.10. The first-order valence-corrected chi connectivity index (χ1v) is 6.06. The zero-order chi connectivity index (χ0) is 13.0. The lowest BCUT2D eigenvalue weighted by Gasteiger charge is -2.03. The van der Waals surface area contributed by atoms with E-state index in [9.17, 15) is 13.6 Å². The highest BCUT2D eigenvalue weighted by Gasteiger charge is 2.68. The molecule has 0 bridgehead atoms. The van der Waals surface area contributed by atoms with Gasteiger partial charge in [-0.3, -0.25) is 4.79 Å². The van der Waals surface area contributed by atoms with Crippen LogP contribution in [0.15, 0.2) is 16.6 Å². The highest BCUT2D eigenvalue weighted by atomic mass is 79.9. The maximum absolute atomic E-state index is 13.2. The van der Waals surface area contributed by atoms with E-state index in [1.165, 1.54) is 6.07 Å². The van der Waals surface area contributed by atoms with E-state index in [0.29, 0.717) is 0 Å². The van der Waals surface area contributed by atoms with E-state index in [-0.39, 0.29) is 10.0 Å². The van der Waals surface area contributed by atoms with Gasteiger partial charge in [-0.25, -0.2) is 8.78 Å². The van der Waals surface area contributed by atoms with Crippen molar-refractivity contribution in [2.24, 2.45) is 5.92 Å². The molecule has 1 aliphatic rings. The molecule has 1 aromatic carbocycles. The number of carbonyl (C=O) groups is 1. The van der Waals surface area contributed by atoms with Gasteiger partial charge in [-0.05, 0) is 33.6 Å². The lowest BCUT2D eigenvalue weighted by molar-refractivity contribution is -0.138. The number of alkyl halides is 2. The summed E-state index contributed by atoms with van der Waals surface area (Å²) in [7, 11) is 0. The van der Waals surface area contributed by atoms with Gasteiger partial charge in [-0.15, -0.1) is 0 Å². The van der Waals surface area contributed by atoms with Crippen molar-refractivity contribution in [3.05, 3.63) is 33.8 Å². The van der Waals surface area contributed by atoms with Gasteiger partial charge in [0.2, 0.25) is 0 Å². The smallest absolute Gasteiger partial charge is 0.310 e. The molecule has 0 aromatic heterocycles. The Morgan fingerprint density at radius 1 is 1.41 bits per heavy atom. The number of aliphatic carboxylic acids is 1. The fourth-order valence-corrected chi connectivity index (χ4v) is 3.07. The quantitative estimate of drug-likeness (QED) is 0.655. The van der Waals surface area contributed by atoms with Crippen molar-refractivity contribution < 1.29 is 18.7 Å². The Kier molecular flexibility index (Phi) is 3.13. The molecule has 2 unspecified atom stereocenters. The summed E-state index contributed by atoms with van der Waals surface area (Å²) in [6.45, 7) is 0. The lowest BCUT2D eigenvalue weighted by atomic mass is 10.1. The fraction of sp³-hybridized carbons (Fsp3) is 0.300. The van der Waals surface area contributed by atoms with Crippen molar-refractivity contribution in [1.82, 2.24) is 0 Å². The summed E-state index contributed by atoms with van der Waals surface area (Å²) in [5.74, 6) is -5.02. The number of benzene rings is 1. The topological polar surface area (TPSA) is 37.3 Å². The molecule has 0 spiro atoms. The Bertz CT molecular complexity index is 484. The van der Waals surface area contributed by atoms with Crippen LogP contribution in [-0.4, -0.2) is 15.4 Å². The van der Waals surface area contributed by atoms with Crippen molar-refractivity contribution in [2.45, 2.75) is 10.3 Å². The molecule has 1 fully saturated rings. The zero-order valence-electron chi connectivity index (χ0n) is 8.05. The van der Waals surface area contributed by atoms with E-state index in [2.05, 4.69) is 15.9 Å². The standard InChI is InChI=1S/C10H5BrCl2F2O2/c11-4-1-3(2-5(14)8(4)15)6-7(9(16)17)10(6,12)13/h1-2,6-7H,(H,16,17). The van der Waals surface area contributed by atoms with Crippen LogP contribution in [0.3, 0.4) is 0 Å². The van der Waals surface area contributed by atoms with Crippen LogP contribution in [0.5, 0.6) is 0 Å². The van der Waals surface area contributed by atoms with Gasteiger partial charge in [0.25, 0.3) is 0 Å². The molecular formula is C10H5BrCl2F2O2. The SMILES string of the molecule is O=C(O)C1C(c2cc(F)c(F)c(Br)c2)C1(Cl)Cl. The molecule has 1 N–H and O–H groups in total. The Morgan fingerprint density at radius 2 is 2.00 bits per heavy atom. The number of halogens is 5. The largest absolute Gasteiger partial charge is 0.481 e. The lowest BCUT2D eigenvalue weighted by Crippen LogP contribution is -2.03. The van der Waals surface area contributed by atoms with Crippen LogP contribution >= 0.6 is 39.1 Å². The molecule has 17 heavy (non-hydrogen) atoms. The normalized spacial score (nSPS) is 25.7. The summed E-state index contributed by atoms with van der Waals surface area (Å²) in [4.78, 5) is 10.8. The summed E-state index contributed by atoms with van der Waals surface area (Å²) in [5.41, 5.74) is 0.258. The van der Waals surface area contributed by atoms with Crippen molar-refractivity contribution in [3.8, 4) is 0 Å². The first kappa shape index (κ1) is 13.1. The van der Waals surface area contributed by atoms with Crippen LogP contribution in [0.25, 0.3) is 0 Å². The van der Waals surface area contributed by atoms with Gasteiger partial charge < -0.3 is 5.11 Å². The molecular weight excluding hydrogens is 341 g/mol. The summed E-state index contributed by atoms with van der Waals surface area (Å²) < 4.78 is 24.6. The van der Waals surface area contributed by atoms with Crippen molar-refractivity contribution in [3.63, 3.8) is 0 Å². The second-order valence-electron chi connectivity index (χ2n) is 3.77. The van der Waals surface area contributed by atoms with Crippen LogP contribution < -0.4 is 0 Å². The zero-order valence-corrected chi connectivity index (χ0v) is 11.2. The van der Waals surface area contributed by atoms with Crippen LogP contribution in [0.2, 0.25) is 0 Å². The van der Waals surface area contributed by atoms with Gasteiger partial charge in [0, 0.05) is 5.92 Å². The summed E-state index contributed by atoms with van der Waals surface area (Å²) in [6, 6.07) is 2.19. The average molecular weight is 346 g/mol. The Labute approximate surface area is 114 Å². The predicted molar refractivity (Wildman–Crippen MR) is 62.4 cm³/mol. The number of carboxylic acids is 1. The van der Waals surface area contributed by atoms with Crippen molar-refractivity contribution in [2.75, 3.05) is 0 Å². The minimum absolute atomic E-state index is 0.0901. The molecule has 0 heterocycles. The Balaban J connectivity index is 2.41. The van der Waals surface area contributed by atoms with Gasteiger partial charge in [0.05, 0.1) is 10.4 Å². The maximum atomic E-state index is 13.2. The predicted octanol–water partition coefficient (Wildman–Crippen LogP) is 3.70. The molecule has 2 rings (SSSR count). The number of carboxylic acid groups (broad SMARTS) is 1. The minimum atomic E-state index is -1.48. The van der Waals surface area contributed by atoms with Gasteiger partial charge in [0.1, 0.15) is 4.33 Å². The van der Waals surface area contributed by atoms with E-state index < -0.39 is 33.8 Å². The minimum Gasteiger partial charge on any atom is -0.481 e. The van der Waals surface area contributed by atoms with E-state index >= 15 is 0 Å². The molecule has 0 aliphatic heterocycles. The van der Waals surface area contributed by atoms with E-state index in [0.717, 1.165) is 6.07 Å². The second kappa shape index (κ2) is 4.07. The molecule has 2 nitrogen and oxygen atoms in total. The molecule has 2 atom stereocenters.